The molecule has 0 spiro atoms. The highest BCUT2D eigenvalue weighted by Gasteiger charge is 2.56. The van der Waals surface area contributed by atoms with Crippen LogP contribution in [-0.2, 0) is 20.7 Å². The number of aryl methyl sites for hydroxylation is 1. The van der Waals surface area contributed by atoms with Gasteiger partial charge in [-0.3, -0.25) is 14.6 Å². The van der Waals surface area contributed by atoms with Crippen molar-refractivity contribution in [2.75, 3.05) is 26.3 Å². The van der Waals surface area contributed by atoms with Gasteiger partial charge in [-0.05, 0) is 43.7 Å². The summed E-state index contributed by atoms with van der Waals surface area (Å²) in [4.78, 5) is 31.8. The molecular formula is C22H31N3O3. The highest BCUT2D eigenvalue weighted by atomic mass is 16.5. The van der Waals surface area contributed by atoms with E-state index >= 15 is 0 Å². The van der Waals surface area contributed by atoms with E-state index in [0.29, 0.717) is 38.8 Å². The van der Waals surface area contributed by atoms with Gasteiger partial charge < -0.3 is 15.0 Å². The van der Waals surface area contributed by atoms with Crippen LogP contribution in [0, 0.1) is 11.3 Å². The summed E-state index contributed by atoms with van der Waals surface area (Å²) in [5.41, 5.74) is 0.680. The predicted octanol–water partition coefficient (Wildman–Crippen LogP) is 2.33. The first-order chi connectivity index (χ1) is 13.7. The van der Waals surface area contributed by atoms with Gasteiger partial charge >= 0.3 is 0 Å². The van der Waals surface area contributed by atoms with E-state index in [4.69, 9.17) is 4.74 Å². The average molecular weight is 386 g/mol. The third kappa shape index (κ3) is 4.07. The zero-order valence-corrected chi connectivity index (χ0v) is 16.6. The molecule has 1 N–H and O–H groups in total. The van der Waals surface area contributed by atoms with E-state index in [-0.39, 0.29) is 17.7 Å². The molecule has 0 radical (unpaired) electrons. The van der Waals surface area contributed by atoms with E-state index in [1.165, 1.54) is 18.4 Å². The first kappa shape index (κ1) is 19.4. The number of fused-ring (bicyclic) bond motifs is 1. The van der Waals surface area contributed by atoms with Crippen LogP contribution in [-0.4, -0.2) is 54.0 Å². The van der Waals surface area contributed by atoms with Crippen molar-refractivity contribution in [3.05, 3.63) is 30.1 Å². The number of pyridine rings is 1. The number of hydrogen-bond donors (Lipinski definition) is 1. The monoisotopic (exact) mass is 385 g/mol. The summed E-state index contributed by atoms with van der Waals surface area (Å²) in [6, 6.07) is 4.32. The van der Waals surface area contributed by atoms with Gasteiger partial charge in [0, 0.05) is 43.9 Å². The number of rotatable bonds is 7. The smallest absolute Gasteiger partial charge is 0.231 e. The van der Waals surface area contributed by atoms with Crippen molar-refractivity contribution in [3.63, 3.8) is 0 Å². The number of hydrogen-bond acceptors (Lipinski definition) is 4. The maximum absolute atomic E-state index is 13.1. The van der Waals surface area contributed by atoms with Crippen molar-refractivity contribution in [3.8, 4) is 0 Å². The minimum absolute atomic E-state index is 0.105. The molecule has 6 heteroatoms. The molecule has 6 nitrogen and oxygen atoms in total. The molecule has 3 heterocycles. The standard InChI is InChI=1S/C22H31N3O3/c26-20(10-4-1-6-17-7-5-11-23-12-17)25-13-18-14-28-16-22(18,15-25)21(27)24-19-8-2-3-9-19/h5,7,11-12,18-19H,1-4,6,8-10,13-16H2,(H,24,27)/t18?,22-/m1/s1. The van der Waals surface area contributed by atoms with E-state index in [0.717, 1.165) is 32.1 Å². The van der Waals surface area contributed by atoms with E-state index in [1.54, 1.807) is 6.20 Å². The Morgan fingerprint density at radius 3 is 2.93 bits per heavy atom. The Morgan fingerprint density at radius 2 is 2.14 bits per heavy atom. The average Bonchev–Trinajstić information content (AvgIpc) is 3.42. The number of nitrogens with one attached hydrogen (secondary N) is 1. The second kappa shape index (κ2) is 8.60. The normalized spacial score (nSPS) is 27.1. The van der Waals surface area contributed by atoms with Gasteiger partial charge in [0.25, 0.3) is 0 Å². The SMILES string of the molecule is O=C(CCCCc1cccnc1)N1CC2COC[C@]2(C(=O)NC2CCCC2)C1. The molecule has 1 aliphatic carbocycles. The number of unbranched alkanes of at least 4 members (excludes halogenated alkanes) is 1. The molecule has 1 saturated carbocycles. The van der Waals surface area contributed by atoms with Crippen LogP contribution < -0.4 is 5.32 Å². The topological polar surface area (TPSA) is 71.5 Å². The number of ether oxygens (including phenoxy) is 1. The maximum atomic E-state index is 13.1. The third-order valence-electron chi connectivity index (χ3n) is 6.70. The first-order valence-electron chi connectivity index (χ1n) is 10.7. The number of carbonyl (C=O) groups is 2. The van der Waals surface area contributed by atoms with E-state index in [1.807, 2.05) is 17.2 Å². The van der Waals surface area contributed by atoms with Crippen molar-refractivity contribution in [2.45, 2.75) is 57.4 Å². The molecule has 0 bridgehead atoms. The molecule has 3 fully saturated rings. The fraction of sp³-hybridized carbons (Fsp3) is 0.682. The van der Waals surface area contributed by atoms with Crippen molar-refractivity contribution in [1.82, 2.24) is 15.2 Å². The third-order valence-corrected chi connectivity index (χ3v) is 6.70. The summed E-state index contributed by atoms with van der Waals surface area (Å²) in [6.07, 6.45) is 11.6. The molecule has 1 aromatic heterocycles. The molecule has 2 atom stereocenters. The van der Waals surface area contributed by atoms with E-state index in [2.05, 4.69) is 16.4 Å². The first-order valence-corrected chi connectivity index (χ1v) is 10.7. The Hall–Kier alpha value is -1.95. The Bertz CT molecular complexity index is 690. The Kier molecular flexibility index (Phi) is 5.95. The Balaban J connectivity index is 1.27. The van der Waals surface area contributed by atoms with Crippen LogP contribution in [0.4, 0.5) is 0 Å². The molecular weight excluding hydrogens is 354 g/mol. The molecule has 2 aliphatic heterocycles. The van der Waals surface area contributed by atoms with E-state index < -0.39 is 5.41 Å². The number of nitrogens with zero attached hydrogens (tertiary/aromatic N) is 2. The number of aromatic nitrogens is 1. The van der Waals surface area contributed by atoms with Crippen molar-refractivity contribution >= 4 is 11.8 Å². The van der Waals surface area contributed by atoms with Crippen LogP contribution in [0.1, 0.15) is 50.5 Å². The fourth-order valence-electron chi connectivity index (χ4n) is 4.96. The van der Waals surface area contributed by atoms with Gasteiger partial charge in [0.2, 0.25) is 11.8 Å². The van der Waals surface area contributed by atoms with Crippen molar-refractivity contribution < 1.29 is 14.3 Å². The summed E-state index contributed by atoms with van der Waals surface area (Å²) in [6.45, 7) is 2.20. The highest BCUT2D eigenvalue weighted by Crippen LogP contribution is 2.42. The van der Waals surface area contributed by atoms with Gasteiger partial charge in [0.15, 0.2) is 0 Å². The van der Waals surface area contributed by atoms with Crippen LogP contribution in [0.15, 0.2) is 24.5 Å². The number of amides is 2. The fourth-order valence-corrected chi connectivity index (χ4v) is 4.96. The van der Waals surface area contributed by atoms with Crippen molar-refractivity contribution in [2.24, 2.45) is 11.3 Å². The van der Waals surface area contributed by atoms with E-state index in [9.17, 15) is 9.59 Å². The van der Waals surface area contributed by atoms with Gasteiger partial charge in [-0.1, -0.05) is 18.9 Å². The van der Waals surface area contributed by atoms with Crippen LogP contribution in [0.25, 0.3) is 0 Å². The summed E-state index contributed by atoms with van der Waals surface area (Å²) in [7, 11) is 0. The molecule has 3 aliphatic rings. The second-order valence-corrected chi connectivity index (χ2v) is 8.67. The van der Waals surface area contributed by atoms with Gasteiger partial charge in [0.05, 0.1) is 18.6 Å². The minimum atomic E-state index is -0.534. The molecule has 1 aromatic rings. The lowest BCUT2D eigenvalue weighted by atomic mass is 9.80. The zero-order chi connectivity index (χ0) is 19.4. The quantitative estimate of drug-likeness (QED) is 0.731. The van der Waals surface area contributed by atoms with Crippen LogP contribution in [0.3, 0.4) is 0 Å². The van der Waals surface area contributed by atoms with Crippen LogP contribution in [0.5, 0.6) is 0 Å². The lowest BCUT2D eigenvalue weighted by Gasteiger charge is -2.27. The highest BCUT2D eigenvalue weighted by molar-refractivity contribution is 5.86. The lowest BCUT2D eigenvalue weighted by Crippen LogP contribution is -2.49. The van der Waals surface area contributed by atoms with Gasteiger partial charge in [-0.25, -0.2) is 0 Å². The molecule has 152 valence electrons. The maximum Gasteiger partial charge on any atom is 0.231 e. The van der Waals surface area contributed by atoms with Gasteiger partial charge in [-0.15, -0.1) is 0 Å². The molecule has 2 saturated heterocycles. The minimum Gasteiger partial charge on any atom is -0.380 e. The summed E-state index contributed by atoms with van der Waals surface area (Å²) in [5, 5.41) is 3.25. The Labute approximate surface area is 167 Å². The molecule has 2 amide bonds. The Morgan fingerprint density at radius 1 is 1.29 bits per heavy atom. The number of carbonyl (C=O) groups excluding carboxylic acids is 2. The largest absolute Gasteiger partial charge is 0.380 e. The predicted molar refractivity (Wildman–Crippen MR) is 106 cm³/mol. The summed E-state index contributed by atoms with van der Waals surface area (Å²) < 4.78 is 5.67. The second-order valence-electron chi connectivity index (χ2n) is 8.67. The molecule has 4 rings (SSSR count). The van der Waals surface area contributed by atoms with Gasteiger partial charge in [-0.2, -0.15) is 0 Å². The summed E-state index contributed by atoms with van der Waals surface area (Å²) in [5.74, 6) is 0.413. The zero-order valence-electron chi connectivity index (χ0n) is 16.6. The van der Waals surface area contributed by atoms with Crippen LogP contribution in [0.2, 0.25) is 0 Å². The lowest BCUT2D eigenvalue weighted by molar-refractivity contribution is -0.134. The molecule has 0 aromatic carbocycles. The van der Waals surface area contributed by atoms with Gasteiger partial charge in [0.1, 0.15) is 0 Å². The molecule has 1 unspecified atom stereocenters. The van der Waals surface area contributed by atoms with Crippen molar-refractivity contribution in [1.29, 1.82) is 0 Å². The number of likely N-dealkylation sites (tertiary alicyclic amines) is 1. The molecule has 28 heavy (non-hydrogen) atoms. The summed E-state index contributed by atoms with van der Waals surface area (Å²) >= 11 is 0. The van der Waals surface area contributed by atoms with Crippen LogP contribution >= 0.6 is 0 Å².